The van der Waals surface area contributed by atoms with Crippen molar-refractivity contribution in [2.24, 2.45) is 5.73 Å². The molecule has 4 heteroatoms. The molecule has 0 fully saturated rings. The van der Waals surface area contributed by atoms with Crippen LogP contribution in [-0.4, -0.2) is 11.7 Å². The molecule has 0 aliphatic carbocycles. The van der Waals surface area contributed by atoms with Gasteiger partial charge >= 0.3 is 0 Å². The van der Waals surface area contributed by atoms with E-state index in [4.69, 9.17) is 27.7 Å². The number of aliphatic hydroxyl groups is 1. The summed E-state index contributed by atoms with van der Waals surface area (Å²) in [4.78, 5) is 0. The first-order valence-corrected chi connectivity index (χ1v) is 4.49. The molecule has 1 aromatic carbocycles. The van der Waals surface area contributed by atoms with Gasteiger partial charge in [0.1, 0.15) is 0 Å². The molecular formula is C10H11ClN2O. The van der Waals surface area contributed by atoms with Gasteiger partial charge < -0.3 is 10.8 Å². The van der Waals surface area contributed by atoms with Gasteiger partial charge in [-0.25, -0.2) is 0 Å². The highest BCUT2D eigenvalue weighted by Crippen LogP contribution is 2.24. The summed E-state index contributed by atoms with van der Waals surface area (Å²) < 4.78 is 0. The maximum Gasteiger partial charge on any atom is 0.0995 e. The van der Waals surface area contributed by atoms with Gasteiger partial charge in [-0.05, 0) is 30.7 Å². The predicted octanol–water partition coefficient (Wildman–Crippen LogP) is 1.38. The zero-order chi connectivity index (χ0) is 10.8. The van der Waals surface area contributed by atoms with Crippen LogP contribution in [0.1, 0.15) is 18.1 Å². The number of nitrogens with zero attached hydrogens (tertiary/aromatic N) is 1. The number of hydrogen-bond acceptors (Lipinski definition) is 3. The Morgan fingerprint density at radius 2 is 2.29 bits per heavy atom. The van der Waals surface area contributed by atoms with Gasteiger partial charge in [-0.2, -0.15) is 5.26 Å². The van der Waals surface area contributed by atoms with Gasteiger partial charge in [0.15, 0.2) is 0 Å². The Bertz CT molecular complexity index is 382. The van der Waals surface area contributed by atoms with E-state index in [-0.39, 0.29) is 6.61 Å². The molecule has 3 N–H and O–H groups in total. The normalized spacial score (nSPS) is 14.5. The molecule has 0 saturated heterocycles. The maximum atomic E-state index is 9.08. The summed E-state index contributed by atoms with van der Waals surface area (Å²) in [5, 5.41) is 18.4. The van der Waals surface area contributed by atoms with Crippen LogP contribution >= 0.6 is 11.6 Å². The van der Waals surface area contributed by atoms with Gasteiger partial charge in [-0.1, -0.05) is 11.6 Å². The van der Waals surface area contributed by atoms with E-state index in [1.54, 1.807) is 25.1 Å². The van der Waals surface area contributed by atoms with Gasteiger partial charge in [0.2, 0.25) is 0 Å². The average molecular weight is 211 g/mol. The molecule has 0 amide bonds. The molecule has 0 aromatic heterocycles. The number of halogens is 1. The maximum absolute atomic E-state index is 9.08. The molecule has 0 saturated carbocycles. The van der Waals surface area contributed by atoms with Crippen LogP contribution in [0, 0.1) is 11.3 Å². The molecule has 0 aliphatic heterocycles. The molecule has 0 bridgehead atoms. The Balaban J connectivity index is 3.32. The van der Waals surface area contributed by atoms with Crippen molar-refractivity contribution in [3.63, 3.8) is 0 Å². The van der Waals surface area contributed by atoms with Gasteiger partial charge in [-0.15, -0.1) is 0 Å². The van der Waals surface area contributed by atoms with Crippen molar-refractivity contribution in [3.05, 3.63) is 34.3 Å². The molecule has 1 unspecified atom stereocenters. The molecule has 0 aliphatic rings. The number of nitrogens with two attached hydrogens (primary N) is 1. The fourth-order valence-corrected chi connectivity index (χ4v) is 1.34. The van der Waals surface area contributed by atoms with Crippen LogP contribution < -0.4 is 5.73 Å². The van der Waals surface area contributed by atoms with Crippen molar-refractivity contribution in [1.29, 1.82) is 5.26 Å². The van der Waals surface area contributed by atoms with Crippen LogP contribution in [0.2, 0.25) is 5.02 Å². The predicted molar refractivity (Wildman–Crippen MR) is 54.8 cm³/mol. The number of nitriles is 1. The van der Waals surface area contributed by atoms with Gasteiger partial charge in [0, 0.05) is 5.02 Å². The van der Waals surface area contributed by atoms with E-state index in [0.717, 1.165) is 0 Å². The Kier molecular flexibility index (Phi) is 3.12. The lowest BCUT2D eigenvalue weighted by Crippen LogP contribution is -2.37. The Hall–Kier alpha value is -1.08. The highest BCUT2D eigenvalue weighted by molar-refractivity contribution is 6.30. The smallest absolute Gasteiger partial charge is 0.0995 e. The molecule has 0 heterocycles. The van der Waals surface area contributed by atoms with E-state index >= 15 is 0 Å². The third-order valence-electron chi connectivity index (χ3n) is 2.05. The topological polar surface area (TPSA) is 70.0 Å². The quantitative estimate of drug-likeness (QED) is 0.775. The van der Waals surface area contributed by atoms with Crippen LogP contribution in [0.3, 0.4) is 0 Å². The fraction of sp³-hybridized carbons (Fsp3) is 0.300. The minimum absolute atomic E-state index is 0.234. The Labute approximate surface area is 87.7 Å². The molecular weight excluding hydrogens is 200 g/mol. The van der Waals surface area contributed by atoms with Gasteiger partial charge in [-0.3, -0.25) is 0 Å². The first-order valence-electron chi connectivity index (χ1n) is 4.11. The highest BCUT2D eigenvalue weighted by Gasteiger charge is 2.23. The third-order valence-corrected chi connectivity index (χ3v) is 2.28. The molecule has 1 rings (SSSR count). The second-order valence-corrected chi connectivity index (χ2v) is 3.81. The zero-order valence-electron chi connectivity index (χ0n) is 7.79. The van der Waals surface area contributed by atoms with Gasteiger partial charge in [0.05, 0.1) is 23.8 Å². The monoisotopic (exact) mass is 210 g/mol. The van der Waals surface area contributed by atoms with Crippen molar-refractivity contribution in [3.8, 4) is 6.07 Å². The van der Waals surface area contributed by atoms with E-state index in [2.05, 4.69) is 0 Å². The first kappa shape index (κ1) is 11.0. The van der Waals surface area contributed by atoms with Crippen LogP contribution in [0.5, 0.6) is 0 Å². The van der Waals surface area contributed by atoms with Crippen molar-refractivity contribution in [2.45, 2.75) is 12.5 Å². The van der Waals surface area contributed by atoms with Crippen molar-refractivity contribution in [1.82, 2.24) is 0 Å². The molecule has 14 heavy (non-hydrogen) atoms. The number of hydrogen-bond donors (Lipinski definition) is 2. The van der Waals surface area contributed by atoms with Crippen LogP contribution in [0.15, 0.2) is 18.2 Å². The van der Waals surface area contributed by atoms with E-state index in [1.807, 2.05) is 6.07 Å². The lowest BCUT2D eigenvalue weighted by molar-refractivity contribution is 0.210. The molecule has 0 radical (unpaired) electrons. The van der Waals surface area contributed by atoms with Crippen LogP contribution in [0.4, 0.5) is 0 Å². The average Bonchev–Trinajstić information content (AvgIpc) is 2.18. The van der Waals surface area contributed by atoms with Gasteiger partial charge in [0.25, 0.3) is 0 Å². The summed E-state index contributed by atoms with van der Waals surface area (Å²) in [6, 6.07) is 6.84. The minimum atomic E-state index is -0.935. The molecule has 1 atom stereocenters. The Morgan fingerprint density at radius 3 is 2.79 bits per heavy atom. The zero-order valence-corrected chi connectivity index (χ0v) is 8.54. The number of benzene rings is 1. The summed E-state index contributed by atoms with van der Waals surface area (Å²) >= 11 is 5.79. The Morgan fingerprint density at radius 1 is 1.64 bits per heavy atom. The summed E-state index contributed by atoms with van der Waals surface area (Å²) in [5.74, 6) is 0. The van der Waals surface area contributed by atoms with E-state index < -0.39 is 5.54 Å². The lowest BCUT2D eigenvalue weighted by atomic mass is 9.90. The first-order chi connectivity index (χ1) is 6.51. The van der Waals surface area contributed by atoms with Crippen molar-refractivity contribution in [2.75, 3.05) is 6.61 Å². The fourth-order valence-electron chi connectivity index (χ4n) is 1.17. The highest BCUT2D eigenvalue weighted by atomic mass is 35.5. The largest absolute Gasteiger partial charge is 0.394 e. The summed E-state index contributed by atoms with van der Waals surface area (Å²) in [6.45, 7) is 1.42. The molecule has 0 spiro atoms. The second-order valence-electron chi connectivity index (χ2n) is 3.38. The van der Waals surface area contributed by atoms with E-state index in [9.17, 15) is 0 Å². The van der Waals surface area contributed by atoms with Crippen LogP contribution in [-0.2, 0) is 5.54 Å². The number of aliphatic hydroxyl groups excluding tert-OH is 1. The standard InChI is InChI=1S/C10H11ClN2O/c1-10(13,6-14)9-4-8(11)3-2-7(9)5-12/h2-4,14H,6,13H2,1H3. The molecule has 74 valence electrons. The SMILES string of the molecule is CC(N)(CO)c1cc(Cl)ccc1C#N. The van der Waals surface area contributed by atoms with Crippen molar-refractivity contribution >= 4 is 11.6 Å². The molecule has 3 nitrogen and oxygen atoms in total. The summed E-state index contributed by atoms with van der Waals surface area (Å²) in [5.41, 5.74) is 5.89. The summed E-state index contributed by atoms with van der Waals surface area (Å²) in [6.07, 6.45) is 0. The van der Waals surface area contributed by atoms with Crippen molar-refractivity contribution < 1.29 is 5.11 Å². The second kappa shape index (κ2) is 3.97. The lowest BCUT2D eigenvalue weighted by Gasteiger charge is -2.23. The summed E-state index contributed by atoms with van der Waals surface area (Å²) in [7, 11) is 0. The van der Waals surface area contributed by atoms with E-state index in [1.165, 1.54) is 0 Å². The molecule has 1 aromatic rings. The van der Waals surface area contributed by atoms with E-state index in [0.29, 0.717) is 16.1 Å². The number of rotatable bonds is 2. The minimum Gasteiger partial charge on any atom is -0.394 e. The third kappa shape index (κ3) is 2.05. The van der Waals surface area contributed by atoms with Crippen LogP contribution in [0.25, 0.3) is 0 Å².